The average molecular weight is 351 g/mol. The number of hydrogen-bond acceptors (Lipinski definition) is 1. The summed E-state index contributed by atoms with van der Waals surface area (Å²) in [6.07, 6.45) is 3.00. The minimum absolute atomic E-state index is 0.894. The number of benzene rings is 2. The van der Waals surface area contributed by atoms with Gasteiger partial charge in [0.2, 0.25) is 0 Å². The Kier molecular flexibility index (Phi) is 3.23. The monoisotopic (exact) mass is 350 g/mol. The number of aryl methyl sites for hydroxylation is 1. The molecule has 108 valence electrons. The van der Waals surface area contributed by atoms with Gasteiger partial charge in [0.1, 0.15) is 0 Å². The number of para-hydroxylation sites is 1. The Morgan fingerprint density at radius 2 is 1.91 bits per heavy atom. The van der Waals surface area contributed by atoms with Crippen molar-refractivity contribution in [1.29, 1.82) is 0 Å². The van der Waals surface area contributed by atoms with Crippen LogP contribution in [0.5, 0.6) is 0 Å². The second-order valence-electron chi connectivity index (χ2n) is 5.61. The number of halogens is 1. The van der Waals surface area contributed by atoms with Gasteiger partial charge in [-0.05, 0) is 48.4 Å². The molecule has 0 unspecified atom stereocenters. The fourth-order valence-corrected chi connectivity index (χ4v) is 3.33. The Morgan fingerprint density at radius 1 is 1.05 bits per heavy atom. The van der Waals surface area contributed by atoms with E-state index in [1.54, 1.807) is 0 Å². The molecule has 4 rings (SSSR count). The minimum Gasteiger partial charge on any atom is -0.361 e. The quantitative estimate of drug-likeness (QED) is 0.516. The van der Waals surface area contributed by atoms with Crippen molar-refractivity contribution in [3.63, 3.8) is 0 Å². The zero-order valence-corrected chi connectivity index (χ0v) is 13.8. The Bertz CT molecular complexity index is 985. The summed E-state index contributed by atoms with van der Waals surface area (Å²) in [5.41, 5.74) is 5.92. The summed E-state index contributed by atoms with van der Waals surface area (Å²) in [6.45, 7) is 2.09. The third-order valence-corrected chi connectivity index (χ3v) is 4.62. The van der Waals surface area contributed by atoms with Crippen molar-refractivity contribution in [2.45, 2.75) is 13.3 Å². The topological polar surface area (TPSA) is 28.7 Å². The predicted octanol–water partition coefficient (Wildman–Crippen LogP) is 5.38. The highest BCUT2D eigenvalue weighted by Crippen LogP contribution is 2.25. The first-order chi connectivity index (χ1) is 10.7. The van der Waals surface area contributed by atoms with Crippen LogP contribution < -0.4 is 0 Å². The molecule has 0 amide bonds. The van der Waals surface area contributed by atoms with E-state index in [4.69, 9.17) is 4.98 Å². The molecule has 4 aromatic rings. The van der Waals surface area contributed by atoms with Gasteiger partial charge >= 0.3 is 0 Å². The van der Waals surface area contributed by atoms with Gasteiger partial charge in [0.15, 0.2) is 0 Å². The summed E-state index contributed by atoms with van der Waals surface area (Å²) in [7, 11) is 0. The second kappa shape index (κ2) is 5.25. The van der Waals surface area contributed by atoms with Gasteiger partial charge in [-0.25, -0.2) is 0 Å². The third kappa shape index (κ3) is 2.32. The van der Waals surface area contributed by atoms with Gasteiger partial charge in [-0.1, -0.05) is 34.1 Å². The van der Waals surface area contributed by atoms with E-state index in [0.717, 1.165) is 22.1 Å². The highest BCUT2D eigenvalue weighted by atomic mass is 79.9. The van der Waals surface area contributed by atoms with Gasteiger partial charge < -0.3 is 4.98 Å². The molecule has 0 aliphatic carbocycles. The molecule has 0 radical (unpaired) electrons. The molecule has 1 N–H and O–H groups in total. The number of pyridine rings is 1. The van der Waals surface area contributed by atoms with E-state index in [-0.39, 0.29) is 0 Å². The molecule has 2 nitrogen and oxygen atoms in total. The lowest BCUT2D eigenvalue weighted by Crippen LogP contribution is -1.95. The zero-order chi connectivity index (χ0) is 15.1. The average Bonchev–Trinajstić information content (AvgIpc) is 2.92. The molecule has 2 aromatic heterocycles. The van der Waals surface area contributed by atoms with Gasteiger partial charge in [0.25, 0.3) is 0 Å². The van der Waals surface area contributed by atoms with Crippen molar-refractivity contribution in [2.24, 2.45) is 0 Å². The van der Waals surface area contributed by atoms with Crippen LogP contribution in [0, 0.1) is 6.92 Å². The van der Waals surface area contributed by atoms with E-state index in [1.807, 2.05) is 6.07 Å². The molecule has 0 saturated heterocycles. The van der Waals surface area contributed by atoms with Crippen LogP contribution in [-0.2, 0) is 6.42 Å². The fourth-order valence-electron chi connectivity index (χ4n) is 2.95. The SMILES string of the molecule is Cc1nc2ccc(Br)cc2cc1Cc1c[nH]c2ccccc12. The molecule has 0 aliphatic rings. The Hall–Kier alpha value is -2.13. The van der Waals surface area contributed by atoms with Gasteiger partial charge in [0, 0.05) is 39.1 Å². The number of rotatable bonds is 2. The summed E-state index contributed by atoms with van der Waals surface area (Å²) in [5, 5.41) is 2.46. The fraction of sp³-hybridized carbons (Fsp3) is 0.105. The number of nitrogens with zero attached hydrogens (tertiary/aromatic N) is 1. The first kappa shape index (κ1) is 13.5. The van der Waals surface area contributed by atoms with Crippen LogP contribution in [0.1, 0.15) is 16.8 Å². The lowest BCUT2D eigenvalue weighted by atomic mass is 10.0. The maximum atomic E-state index is 4.75. The van der Waals surface area contributed by atoms with E-state index in [2.05, 4.69) is 76.5 Å². The first-order valence-corrected chi connectivity index (χ1v) is 8.11. The maximum absolute atomic E-state index is 4.75. The van der Waals surface area contributed by atoms with E-state index in [1.165, 1.54) is 27.4 Å². The molecule has 3 heteroatoms. The van der Waals surface area contributed by atoms with E-state index in [9.17, 15) is 0 Å². The summed E-state index contributed by atoms with van der Waals surface area (Å²) < 4.78 is 1.09. The van der Waals surface area contributed by atoms with Crippen LogP contribution >= 0.6 is 15.9 Å². The normalized spacial score (nSPS) is 11.4. The van der Waals surface area contributed by atoms with Crippen molar-refractivity contribution in [1.82, 2.24) is 9.97 Å². The molecule has 2 aromatic carbocycles. The van der Waals surface area contributed by atoms with E-state index < -0.39 is 0 Å². The number of fused-ring (bicyclic) bond motifs is 2. The van der Waals surface area contributed by atoms with Crippen molar-refractivity contribution in [3.05, 3.63) is 76.0 Å². The van der Waals surface area contributed by atoms with Crippen molar-refractivity contribution in [2.75, 3.05) is 0 Å². The van der Waals surface area contributed by atoms with Crippen molar-refractivity contribution >= 4 is 37.7 Å². The molecule has 22 heavy (non-hydrogen) atoms. The Balaban J connectivity index is 1.82. The molecule has 0 atom stereocenters. The van der Waals surface area contributed by atoms with Crippen molar-refractivity contribution in [3.8, 4) is 0 Å². The van der Waals surface area contributed by atoms with Crippen LogP contribution in [0.2, 0.25) is 0 Å². The van der Waals surface area contributed by atoms with Crippen LogP contribution in [0.3, 0.4) is 0 Å². The molecule has 0 fully saturated rings. The molecule has 0 saturated carbocycles. The van der Waals surface area contributed by atoms with Gasteiger partial charge in [-0.15, -0.1) is 0 Å². The van der Waals surface area contributed by atoms with Gasteiger partial charge in [-0.3, -0.25) is 4.98 Å². The van der Waals surface area contributed by atoms with E-state index in [0.29, 0.717) is 0 Å². The summed E-state index contributed by atoms with van der Waals surface area (Å²) in [6, 6.07) is 16.9. The summed E-state index contributed by atoms with van der Waals surface area (Å²) in [5.74, 6) is 0. The number of aromatic amines is 1. The molecule has 0 bridgehead atoms. The lowest BCUT2D eigenvalue weighted by molar-refractivity contribution is 1.11. The van der Waals surface area contributed by atoms with Crippen LogP contribution in [0.15, 0.2) is 59.2 Å². The van der Waals surface area contributed by atoms with Gasteiger partial charge in [-0.2, -0.15) is 0 Å². The predicted molar refractivity (Wildman–Crippen MR) is 95.3 cm³/mol. The smallest absolute Gasteiger partial charge is 0.0706 e. The highest BCUT2D eigenvalue weighted by molar-refractivity contribution is 9.10. The standard InChI is InChI=1S/C19H15BrN2/c1-12-13(8-14-10-16(20)6-7-18(14)22-12)9-15-11-21-19-5-3-2-4-17(15)19/h2-8,10-11,21H,9H2,1H3. The molecule has 0 aliphatic heterocycles. The van der Waals surface area contributed by atoms with Crippen LogP contribution in [0.4, 0.5) is 0 Å². The van der Waals surface area contributed by atoms with Crippen LogP contribution in [-0.4, -0.2) is 9.97 Å². The second-order valence-corrected chi connectivity index (χ2v) is 6.52. The summed E-state index contributed by atoms with van der Waals surface area (Å²) in [4.78, 5) is 8.09. The van der Waals surface area contributed by atoms with Gasteiger partial charge in [0.05, 0.1) is 5.52 Å². The van der Waals surface area contributed by atoms with Crippen LogP contribution in [0.25, 0.3) is 21.8 Å². The third-order valence-electron chi connectivity index (χ3n) is 4.13. The maximum Gasteiger partial charge on any atom is 0.0706 e. The molecule has 2 heterocycles. The minimum atomic E-state index is 0.894. The van der Waals surface area contributed by atoms with E-state index >= 15 is 0 Å². The molecule has 0 spiro atoms. The molecular formula is C19H15BrN2. The Morgan fingerprint density at radius 3 is 2.82 bits per heavy atom. The first-order valence-electron chi connectivity index (χ1n) is 7.31. The highest BCUT2D eigenvalue weighted by Gasteiger charge is 2.08. The number of aromatic nitrogens is 2. The zero-order valence-electron chi connectivity index (χ0n) is 12.2. The largest absolute Gasteiger partial charge is 0.361 e. The number of nitrogens with one attached hydrogen (secondary N) is 1. The number of H-pyrrole nitrogens is 1. The Labute approximate surface area is 137 Å². The van der Waals surface area contributed by atoms with Crippen molar-refractivity contribution < 1.29 is 0 Å². The summed E-state index contributed by atoms with van der Waals surface area (Å²) >= 11 is 3.54. The number of hydrogen-bond donors (Lipinski definition) is 1. The lowest BCUT2D eigenvalue weighted by Gasteiger charge is -2.07. The molecular weight excluding hydrogens is 336 g/mol.